The second-order valence-corrected chi connectivity index (χ2v) is 10.0. The molecule has 0 unspecified atom stereocenters. The van der Waals surface area contributed by atoms with Gasteiger partial charge in [0, 0.05) is 40.4 Å². The van der Waals surface area contributed by atoms with E-state index in [1.165, 1.54) is 6.07 Å². The van der Waals surface area contributed by atoms with Crippen LogP contribution in [0.15, 0.2) is 52.0 Å². The molecule has 0 bridgehead atoms. The van der Waals surface area contributed by atoms with Gasteiger partial charge in [-0.05, 0) is 49.9 Å². The zero-order chi connectivity index (χ0) is 20.8. The van der Waals surface area contributed by atoms with Gasteiger partial charge in [-0.25, -0.2) is 21.2 Å². The summed E-state index contributed by atoms with van der Waals surface area (Å²) in [7, 11) is -4.03. The van der Waals surface area contributed by atoms with Gasteiger partial charge in [-0.2, -0.15) is 0 Å². The molecule has 0 aliphatic carbocycles. The van der Waals surface area contributed by atoms with E-state index in [0.717, 1.165) is 42.5 Å². The van der Waals surface area contributed by atoms with Crippen molar-refractivity contribution in [2.75, 3.05) is 18.0 Å². The predicted molar refractivity (Wildman–Crippen MR) is 114 cm³/mol. The number of hydrogen-bond acceptors (Lipinski definition) is 3. The summed E-state index contributed by atoms with van der Waals surface area (Å²) in [4.78, 5) is 2.19. The van der Waals surface area contributed by atoms with E-state index in [0.29, 0.717) is 21.1 Å². The average Bonchev–Trinajstić information content (AvgIpc) is 3.08. The number of aryl methyl sites for hydroxylation is 1. The molecule has 1 saturated heterocycles. The number of halogens is 3. The number of fused-ring (bicyclic) bond motifs is 1. The van der Waals surface area contributed by atoms with E-state index in [2.05, 4.69) is 20.8 Å². The number of piperidine rings is 1. The fourth-order valence-corrected chi connectivity index (χ4v) is 6.04. The number of benzene rings is 2. The summed E-state index contributed by atoms with van der Waals surface area (Å²) in [5.41, 5.74) is 1.23. The minimum Gasteiger partial charge on any atom is -0.371 e. The van der Waals surface area contributed by atoms with E-state index in [4.69, 9.17) is 0 Å². The van der Waals surface area contributed by atoms with Crippen LogP contribution >= 0.6 is 15.9 Å². The zero-order valence-corrected chi connectivity index (χ0v) is 18.3. The lowest BCUT2D eigenvalue weighted by molar-refractivity contribution is 0.153. The van der Waals surface area contributed by atoms with Crippen molar-refractivity contribution in [2.24, 2.45) is 0 Å². The molecule has 8 heteroatoms. The van der Waals surface area contributed by atoms with Crippen molar-refractivity contribution in [3.05, 3.63) is 58.2 Å². The summed E-state index contributed by atoms with van der Waals surface area (Å²) >= 11 is 3.45. The molecule has 0 saturated carbocycles. The summed E-state index contributed by atoms with van der Waals surface area (Å²) in [6.07, 6.45) is 1.38. The van der Waals surface area contributed by atoms with Crippen LogP contribution in [0.4, 0.5) is 14.5 Å². The Kier molecular flexibility index (Phi) is 5.42. The summed E-state index contributed by atoms with van der Waals surface area (Å²) in [5.74, 6) is 0. The first-order valence-corrected chi connectivity index (χ1v) is 11.7. The van der Waals surface area contributed by atoms with Gasteiger partial charge in [-0.15, -0.1) is 0 Å². The standard InChI is InChI=1S/C21H21BrF2N2O2S/c1-14-7-3-4-8-19(14)29(27,28)26-13-16(21(23)24)20-17(11-15(22)12-18(20)26)25-9-5-2-6-10-25/h3-4,7-8,11-13,21H,2,5-6,9-10H2,1H3. The van der Waals surface area contributed by atoms with Gasteiger partial charge in [-0.1, -0.05) is 34.1 Å². The Morgan fingerprint density at radius 3 is 2.41 bits per heavy atom. The van der Waals surface area contributed by atoms with Crippen molar-refractivity contribution in [2.45, 2.75) is 37.5 Å². The van der Waals surface area contributed by atoms with Gasteiger partial charge in [0.1, 0.15) is 0 Å². The van der Waals surface area contributed by atoms with E-state index >= 15 is 0 Å². The number of aromatic nitrogens is 1. The van der Waals surface area contributed by atoms with Gasteiger partial charge >= 0.3 is 0 Å². The smallest absolute Gasteiger partial charge is 0.268 e. The highest BCUT2D eigenvalue weighted by Gasteiger charge is 2.28. The van der Waals surface area contributed by atoms with Gasteiger partial charge in [0.15, 0.2) is 0 Å². The Morgan fingerprint density at radius 1 is 1.07 bits per heavy atom. The molecule has 0 spiro atoms. The molecule has 1 aliphatic heterocycles. The van der Waals surface area contributed by atoms with Crippen LogP contribution in [0.5, 0.6) is 0 Å². The van der Waals surface area contributed by atoms with Crippen LogP contribution in [0.25, 0.3) is 10.9 Å². The van der Waals surface area contributed by atoms with Crippen LogP contribution in [0, 0.1) is 6.92 Å². The lowest BCUT2D eigenvalue weighted by atomic mass is 10.1. The largest absolute Gasteiger partial charge is 0.371 e. The van der Waals surface area contributed by atoms with Gasteiger partial charge in [0.25, 0.3) is 16.4 Å². The zero-order valence-electron chi connectivity index (χ0n) is 15.9. The number of anilines is 1. The number of alkyl halides is 2. The Labute approximate surface area is 177 Å². The third-order valence-corrected chi connectivity index (χ3v) is 7.70. The molecule has 0 atom stereocenters. The second-order valence-electron chi connectivity index (χ2n) is 7.32. The molecule has 1 fully saturated rings. The fraction of sp³-hybridized carbons (Fsp3) is 0.333. The first-order chi connectivity index (χ1) is 13.8. The normalized spacial score (nSPS) is 15.4. The molecule has 2 heterocycles. The SMILES string of the molecule is Cc1ccccc1S(=O)(=O)n1cc(C(F)F)c2c(N3CCCCC3)cc(Br)cc21. The van der Waals surface area contributed by atoms with E-state index in [-0.39, 0.29) is 16.0 Å². The van der Waals surface area contributed by atoms with Crippen molar-refractivity contribution in [3.8, 4) is 0 Å². The monoisotopic (exact) mass is 482 g/mol. The highest BCUT2D eigenvalue weighted by Crippen LogP contribution is 2.41. The number of hydrogen-bond donors (Lipinski definition) is 0. The van der Waals surface area contributed by atoms with Crippen molar-refractivity contribution >= 4 is 42.5 Å². The van der Waals surface area contributed by atoms with E-state index in [9.17, 15) is 17.2 Å². The number of rotatable bonds is 4. The highest BCUT2D eigenvalue weighted by molar-refractivity contribution is 9.10. The molecular weight excluding hydrogens is 462 g/mol. The van der Waals surface area contributed by atoms with Gasteiger partial charge in [-0.3, -0.25) is 0 Å². The van der Waals surface area contributed by atoms with E-state index in [1.807, 2.05) is 6.07 Å². The lowest BCUT2D eigenvalue weighted by Crippen LogP contribution is -2.29. The second kappa shape index (κ2) is 7.72. The molecule has 1 aliphatic rings. The fourth-order valence-electron chi connectivity index (χ4n) is 4.01. The van der Waals surface area contributed by atoms with E-state index in [1.54, 1.807) is 31.2 Å². The molecule has 1 aromatic heterocycles. The van der Waals surface area contributed by atoms with Crippen molar-refractivity contribution in [1.82, 2.24) is 3.97 Å². The molecule has 3 aromatic rings. The summed E-state index contributed by atoms with van der Waals surface area (Å²) in [5, 5.41) is 0.308. The maximum Gasteiger partial charge on any atom is 0.268 e. The van der Waals surface area contributed by atoms with Crippen molar-refractivity contribution < 1.29 is 17.2 Å². The predicted octanol–water partition coefficient (Wildman–Crippen LogP) is 5.88. The minimum atomic E-state index is -4.03. The van der Waals surface area contributed by atoms with Crippen LogP contribution in [-0.4, -0.2) is 25.5 Å². The van der Waals surface area contributed by atoms with Crippen molar-refractivity contribution in [1.29, 1.82) is 0 Å². The summed E-state index contributed by atoms with van der Waals surface area (Å²) in [6, 6.07) is 9.99. The molecule has 29 heavy (non-hydrogen) atoms. The average molecular weight is 483 g/mol. The third-order valence-electron chi connectivity index (χ3n) is 5.41. The molecule has 0 radical (unpaired) electrons. The maximum absolute atomic E-state index is 14.0. The molecule has 0 amide bonds. The molecular formula is C21H21BrF2N2O2S. The topological polar surface area (TPSA) is 42.3 Å². The van der Waals surface area contributed by atoms with Gasteiger partial charge < -0.3 is 4.90 Å². The van der Waals surface area contributed by atoms with Crippen LogP contribution in [0.1, 0.15) is 36.8 Å². The summed E-state index contributed by atoms with van der Waals surface area (Å²) < 4.78 is 56.4. The first kappa shape index (κ1) is 20.3. The Balaban J connectivity index is 2.02. The molecule has 4 nitrogen and oxygen atoms in total. The van der Waals surface area contributed by atoms with Crippen LogP contribution < -0.4 is 4.90 Å². The van der Waals surface area contributed by atoms with E-state index < -0.39 is 16.4 Å². The first-order valence-electron chi connectivity index (χ1n) is 9.49. The Morgan fingerprint density at radius 2 is 1.76 bits per heavy atom. The summed E-state index contributed by atoms with van der Waals surface area (Å²) in [6.45, 7) is 3.23. The molecule has 0 N–H and O–H groups in total. The molecule has 154 valence electrons. The maximum atomic E-state index is 14.0. The number of nitrogens with zero attached hydrogens (tertiary/aromatic N) is 2. The molecule has 2 aromatic carbocycles. The van der Waals surface area contributed by atoms with Crippen LogP contribution in [-0.2, 0) is 10.0 Å². The Hall–Kier alpha value is -1.93. The van der Waals surface area contributed by atoms with Crippen LogP contribution in [0.3, 0.4) is 0 Å². The van der Waals surface area contributed by atoms with Crippen molar-refractivity contribution in [3.63, 3.8) is 0 Å². The third kappa shape index (κ3) is 3.57. The minimum absolute atomic E-state index is 0.109. The van der Waals surface area contributed by atoms with Gasteiger partial charge in [0.2, 0.25) is 0 Å². The highest BCUT2D eigenvalue weighted by atomic mass is 79.9. The van der Waals surface area contributed by atoms with Crippen LogP contribution in [0.2, 0.25) is 0 Å². The Bertz CT molecular complexity index is 1170. The lowest BCUT2D eigenvalue weighted by Gasteiger charge is -2.30. The van der Waals surface area contributed by atoms with Gasteiger partial charge in [0.05, 0.1) is 10.4 Å². The quantitative estimate of drug-likeness (QED) is 0.466. The molecule has 4 rings (SSSR count).